The molecule has 4 nitrogen and oxygen atoms in total. The summed E-state index contributed by atoms with van der Waals surface area (Å²) in [6.07, 6.45) is 4.32. The molecule has 0 aliphatic carbocycles. The number of carbonyl (C=O) groups is 1. The molecule has 4 heteroatoms. The Morgan fingerprint density at radius 2 is 2.50 bits per heavy atom. The van der Waals surface area contributed by atoms with Gasteiger partial charge in [0.1, 0.15) is 12.0 Å². The van der Waals surface area contributed by atoms with Crippen molar-refractivity contribution in [2.24, 2.45) is 7.05 Å². The lowest BCUT2D eigenvalue weighted by molar-refractivity contribution is -0.117. The van der Waals surface area contributed by atoms with Crippen LogP contribution in [0.3, 0.4) is 0 Å². The summed E-state index contributed by atoms with van der Waals surface area (Å²) in [6.45, 7) is 0.812. The van der Waals surface area contributed by atoms with Crippen molar-refractivity contribution in [2.45, 2.75) is 12.8 Å². The Balaban J connectivity index is 2.30. The lowest BCUT2D eigenvalue weighted by atomic mass is 10.4. The number of hydrogen-bond donors (Lipinski definition) is 0. The van der Waals surface area contributed by atoms with E-state index in [9.17, 15) is 4.79 Å². The van der Waals surface area contributed by atoms with Crippen molar-refractivity contribution in [2.75, 3.05) is 11.4 Å². The summed E-state index contributed by atoms with van der Waals surface area (Å²) in [7, 11) is 1.82. The van der Waals surface area contributed by atoms with Gasteiger partial charge in [-0.2, -0.15) is 5.10 Å². The first-order valence-corrected chi connectivity index (χ1v) is 3.99. The SMILES string of the molecule is Cn1n[c]cc1N1CCCC1=O. The summed E-state index contributed by atoms with van der Waals surface area (Å²) in [5.74, 6) is 1.03. The molecule has 0 saturated carbocycles. The van der Waals surface area contributed by atoms with E-state index in [1.165, 1.54) is 0 Å². The van der Waals surface area contributed by atoms with Gasteiger partial charge in [0.05, 0.1) is 0 Å². The Bertz CT molecular complexity index is 305. The van der Waals surface area contributed by atoms with Gasteiger partial charge < -0.3 is 0 Å². The van der Waals surface area contributed by atoms with Crippen molar-refractivity contribution < 1.29 is 4.79 Å². The summed E-state index contributed by atoms with van der Waals surface area (Å²) in [6, 6.07) is 1.74. The fourth-order valence-electron chi connectivity index (χ4n) is 1.46. The number of aryl methyl sites for hydroxylation is 1. The van der Waals surface area contributed by atoms with Crippen molar-refractivity contribution >= 4 is 11.7 Å². The number of rotatable bonds is 1. The van der Waals surface area contributed by atoms with Crippen LogP contribution in [-0.2, 0) is 11.8 Å². The van der Waals surface area contributed by atoms with Gasteiger partial charge in [0.2, 0.25) is 5.91 Å². The summed E-state index contributed by atoms with van der Waals surface area (Å²) in [5, 5.41) is 3.89. The minimum atomic E-state index is 0.187. The fraction of sp³-hybridized carbons (Fsp3) is 0.500. The molecule has 1 aliphatic heterocycles. The van der Waals surface area contributed by atoms with Crippen molar-refractivity contribution in [3.63, 3.8) is 0 Å². The van der Waals surface area contributed by atoms with Crippen molar-refractivity contribution in [1.82, 2.24) is 9.78 Å². The Morgan fingerprint density at radius 3 is 3.00 bits per heavy atom. The number of aromatic nitrogens is 2. The molecule has 1 aromatic rings. The zero-order valence-electron chi connectivity index (χ0n) is 6.95. The fourth-order valence-corrected chi connectivity index (χ4v) is 1.46. The molecule has 0 N–H and O–H groups in total. The van der Waals surface area contributed by atoms with E-state index in [4.69, 9.17) is 0 Å². The van der Waals surface area contributed by atoms with Crippen LogP contribution in [0.5, 0.6) is 0 Å². The maximum absolute atomic E-state index is 11.3. The molecule has 0 aromatic carbocycles. The Morgan fingerprint density at radius 1 is 1.67 bits per heavy atom. The predicted molar refractivity (Wildman–Crippen MR) is 43.6 cm³/mol. The number of hydrogen-bond acceptors (Lipinski definition) is 2. The first-order chi connectivity index (χ1) is 5.79. The topological polar surface area (TPSA) is 38.1 Å². The van der Waals surface area contributed by atoms with Crippen LogP contribution >= 0.6 is 0 Å². The molecular formula is C8H10N3O. The van der Waals surface area contributed by atoms with Gasteiger partial charge in [-0.1, -0.05) is 0 Å². The molecule has 0 spiro atoms. The summed E-state index contributed by atoms with van der Waals surface area (Å²) >= 11 is 0. The van der Waals surface area contributed by atoms with E-state index < -0.39 is 0 Å². The molecule has 2 rings (SSSR count). The van der Waals surface area contributed by atoms with Crippen LogP contribution in [0.4, 0.5) is 5.82 Å². The second-order valence-corrected chi connectivity index (χ2v) is 2.90. The van der Waals surface area contributed by atoms with Crippen LogP contribution in [-0.4, -0.2) is 22.2 Å². The molecule has 1 amide bonds. The largest absolute Gasteiger partial charge is 0.297 e. The van der Waals surface area contributed by atoms with Gasteiger partial charge in [0.25, 0.3) is 0 Å². The van der Waals surface area contributed by atoms with Crippen LogP contribution in [0.25, 0.3) is 0 Å². The van der Waals surface area contributed by atoms with E-state index >= 15 is 0 Å². The van der Waals surface area contributed by atoms with Crippen LogP contribution in [0.2, 0.25) is 0 Å². The second-order valence-electron chi connectivity index (χ2n) is 2.90. The first kappa shape index (κ1) is 7.34. The maximum atomic E-state index is 11.3. The highest BCUT2D eigenvalue weighted by molar-refractivity contribution is 5.94. The van der Waals surface area contributed by atoms with Crippen molar-refractivity contribution in [3.8, 4) is 0 Å². The molecule has 12 heavy (non-hydrogen) atoms. The third-order valence-corrected chi connectivity index (χ3v) is 2.08. The summed E-state index contributed by atoms with van der Waals surface area (Å²) < 4.78 is 1.67. The highest BCUT2D eigenvalue weighted by atomic mass is 16.2. The number of amides is 1. The zero-order chi connectivity index (χ0) is 8.55. The van der Waals surface area contributed by atoms with E-state index in [1.807, 2.05) is 7.05 Å². The van der Waals surface area contributed by atoms with Gasteiger partial charge in [-0.05, 0) is 6.42 Å². The van der Waals surface area contributed by atoms with Gasteiger partial charge in [-0.3, -0.25) is 14.4 Å². The molecule has 0 atom stereocenters. The Hall–Kier alpha value is -1.32. The lowest BCUT2D eigenvalue weighted by Crippen LogP contribution is -2.25. The van der Waals surface area contributed by atoms with Crippen molar-refractivity contribution in [3.05, 3.63) is 12.3 Å². The van der Waals surface area contributed by atoms with Crippen LogP contribution in [0.1, 0.15) is 12.8 Å². The van der Waals surface area contributed by atoms with Gasteiger partial charge in [-0.25, -0.2) is 0 Å². The normalized spacial score (nSPS) is 17.4. The van der Waals surface area contributed by atoms with Crippen LogP contribution in [0.15, 0.2) is 6.07 Å². The maximum Gasteiger partial charge on any atom is 0.228 e. The summed E-state index contributed by atoms with van der Waals surface area (Å²) in [4.78, 5) is 13.0. The molecule has 1 aliphatic rings. The number of nitrogens with zero attached hydrogens (tertiary/aromatic N) is 3. The molecule has 2 heterocycles. The molecular weight excluding hydrogens is 154 g/mol. The minimum absolute atomic E-state index is 0.187. The molecule has 1 saturated heterocycles. The van der Waals surface area contributed by atoms with Crippen LogP contribution < -0.4 is 4.90 Å². The number of anilines is 1. The number of carbonyl (C=O) groups excluding carboxylic acids is 1. The molecule has 63 valence electrons. The monoisotopic (exact) mass is 164 g/mol. The van der Waals surface area contributed by atoms with E-state index in [-0.39, 0.29) is 5.91 Å². The van der Waals surface area contributed by atoms with Gasteiger partial charge in [0.15, 0.2) is 0 Å². The molecule has 1 radical (unpaired) electrons. The van der Waals surface area contributed by atoms with Crippen molar-refractivity contribution in [1.29, 1.82) is 0 Å². The average molecular weight is 164 g/mol. The smallest absolute Gasteiger partial charge is 0.228 e. The lowest BCUT2D eigenvalue weighted by Gasteiger charge is -2.14. The minimum Gasteiger partial charge on any atom is -0.297 e. The van der Waals surface area contributed by atoms with Crippen LogP contribution in [0, 0.1) is 6.20 Å². The highest BCUT2D eigenvalue weighted by Crippen LogP contribution is 2.19. The standard InChI is InChI=1S/C8H10N3O/c1-10-7(4-5-9-10)11-6-2-3-8(11)12/h4H,2-3,6H2,1H3. The van der Waals surface area contributed by atoms with Gasteiger partial charge in [0, 0.05) is 26.1 Å². The third kappa shape index (κ3) is 0.995. The van der Waals surface area contributed by atoms with Gasteiger partial charge in [-0.15, -0.1) is 0 Å². The second kappa shape index (κ2) is 2.62. The average Bonchev–Trinajstić information content (AvgIpc) is 2.59. The third-order valence-electron chi connectivity index (χ3n) is 2.08. The Kier molecular flexibility index (Phi) is 1.60. The van der Waals surface area contributed by atoms with E-state index in [1.54, 1.807) is 15.6 Å². The van der Waals surface area contributed by atoms with E-state index in [0.717, 1.165) is 18.8 Å². The Labute approximate surface area is 70.8 Å². The zero-order valence-corrected chi connectivity index (χ0v) is 6.95. The summed E-state index contributed by atoms with van der Waals surface area (Å²) in [5.41, 5.74) is 0. The molecule has 1 aromatic heterocycles. The van der Waals surface area contributed by atoms with Gasteiger partial charge >= 0.3 is 0 Å². The van der Waals surface area contributed by atoms with E-state index in [2.05, 4.69) is 11.3 Å². The quantitative estimate of drug-likeness (QED) is 0.600. The first-order valence-electron chi connectivity index (χ1n) is 3.99. The molecule has 1 fully saturated rings. The predicted octanol–water partition coefficient (Wildman–Crippen LogP) is 0.347. The highest BCUT2D eigenvalue weighted by Gasteiger charge is 2.23. The molecule has 0 unspecified atom stereocenters. The molecule has 0 bridgehead atoms. The van der Waals surface area contributed by atoms with E-state index in [0.29, 0.717) is 6.42 Å².